The predicted octanol–water partition coefficient (Wildman–Crippen LogP) is 2.45. The molecule has 0 saturated carbocycles. The Morgan fingerprint density at radius 3 is 2.48 bits per heavy atom. The van der Waals surface area contributed by atoms with E-state index in [1.165, 1.54) is 12.1 Å². The van der Waals surface area contributed by atoms with E-state index in [0.29, 0.717) is 31.4 Å². The van der Waals surface area contributed by atoms with Crippen molar-refractivity contribution in [2.24, 2.45) is 0 Å². The molecule has 0 amide bonds. The van der Waals surface area contributed by atoms with Crippen molar-refractivity contribution in [2.45, 2.75) is 43.9 Å². The summed E-state index contributed by atoms with van der Waals surface area (Å²) in [6.07, 6.45) is 2.50. The quantitative estimate of drug-likeness (QED) is 0.907. The largest absolute Gasteiger partial charge is 0.313 e. The second-order valence-corrected chi connectivity index (χ2v) is 7.89. The molecule has 21 heavy (non-hydrogen) atoms. The fraction of sp³-hybridized carbons (Fsp3) is 0.600. The lowest BCUT2D eigenvalue weighted by Gasteiger charge is -2.30. The Morgan fingerprint density at radius 1 is 1.24 bits per heavy atom. The van der Waals surface area contributed by atoms with Crippen LogP contribution in [0.3, 0.4) is 0 Å². The smallest absolute Gasteiger partial charge is 0.154 e. The maximum atomic E-state index is 13.3. The summed E-state index contributed by atoms with van der Waals surface area (Å²) >= 11 is 0. The summed E-state index contributed by atoms with van der Waals surface area (Å²) in [7, 11) is -3.14. The Balaban J connectivity index is 2.22. The van der Waals surface area contributed by atoms with E-state index in [1.54, 1.807) is 0 Å². The van der Waals surface area contributed by atoms with Gasteiger partial charge in [0.2, 0.25) is 0 Å². The summed E-state index contributed by atoms with van der Waals surface area (Å²) in [5.74, 6) is -1.06. The summed E-state index contributed by atoms with van der Waals surface area (Å²) in [6.45, 7) is 2.52. The van der Waals surface area contributed by atoms with Crippen LogP contribution in [0.15, 0.2) is 18.2 Å². The average molecular weight is 317 g/mol. The van der Waals surface area contributed by atoms with Crippen molar-refractivity contribution in [1.29, 1.82) is 0 Å². The highest BCUT2D eigenvalue weighted by molar-refractivity contribution is 7.92. The van der Waals surface area contributed by atoms with Gasteiger partial charge in [-0.3, -0.25) is 0 Å². The van der Waals surface area contributed by atoms with E-state index in [-0.39, 0.29) is 11.8 Å². The van der Waals surface area contributed by atoms with Crippen LogP contribution in [0.5, 0.6) is 0 Å². The van der Waals surface area contributed by atoms with E-state index >= 15 is 0 Å². The molecule has 2 atom stereocenters. The molecule has 1 fully saturated rings. The molecule has 2 rings (SSSR count). The topological polar surface area (TPSA) is 46.2 Å². The Bertz CT molecular complexity index is 569. The van der Waals surface area contributed by atoms with Gasteiger partial charge in [-0.1, -0.05) is 13.3 Å². The first-order chi connectivity index (χ1) is 9.92. The Hall–Kier alpha value is -1.01. The first-order valence-electron chi connectivity index (χ1n) is 7.32. The number of sulfone groups is 1. The van der Waals surface area contributed by atoms with Crippen LogP contribution in [0.4, 0.5) is 8.78 Å². The van der Waals surface area contributed by atoms with E-state index in [9.17, 15) is 17.2 Å². The highest BCUT2D eigenvalue weighted by Crippen LogP contribution is 2.24. The molecule has 2 unspecified atom stereocenters. The van der Waals surface area contributed by atoms with Crippen molar-refractivity contribution in [3.8, 4) is 0 Å². The van der Waals surface area contributed by atoms with Crippen LogP contribution in [0.2, 0.25) is 0 Å². The molecule has 1 aliphatic rings. The van der Waals surface area contributed by atoms with Gasteiger partial charge in [-0.2, -0.15) is 0 Å². The minimum atomic E-state index is -3.14. The van der Waals surface area contributed by atoms with Crippen LogP contribution in [0.25, 0.3) is 0 Å². The highest BCUT2D eigenvalue weighted by Gasteiger charge is 2.35. The number of nitrogens with one attached hydrogen (secondary N) is 1. The van der Waals surface area contributed by atoms with Crippen LogP contribution >= 0.6 is 0 Å². The summed E-state index contributed by atoms with van der Waals surface area (Å²) in [4.78, 5) is 0. The number of likely N-dealkylation sites (N-methyl/N-ethyl adjacent to an activating group) is 1. The number of hydrogen-bond donors (Lipinski definition) is 1. The SMILES string of the molecule is CCNC(Cc1cc(F)cc(F)c1)C1CCCCS1(=O)=O. The molecule has 1 aromatic carbocycles. The van der Waals surface area contributed by atoms with Crippen molar-refractivity contribution in [3.05, 3.63) is 35.4 Å². The van der Waals surface area contributed by atoms with Crippen LogP contribution in [0.1, 0.15) is 31.7 Å². The molecule has 0 bridgehead atoms. The lowest BCUT2D eigenvalue weighted by Crippen LogP contribution is -2.47. The minimum absolute atomic E-state index is 0.205. The molecule has 1 heterocycles. The lowest BCUT2D eigenvalue weighted by molar-refractivity contribution is 0.439. The average Bonchev–Trinajstić information content (AvgIpc) is 2.36. The molecule has 1 N–H and O–H groups in total. The summed E-state index contributed by atoms with van der Waals surface area (Å²) in [5, 5.41) is 2.70. The molecular weight excluding hydrogens is 296 g/mol. The first kappa shape index (κ1) is 16.4. The van der Waals surface area contributed by atoms with Crippen molar-refractivity contribution in [1.82, 2.24) is 5.32 Å². The number of halogens is 2. The van der Waals surface area contributed by atoms with Gasteiger partial charge in [0, 0.05) is 12.1 Å². The van der Waals surface area contributed by atoms with E-state index in [2.05, 4.69) is 5.32 Å². The van der Waals surface area contributed by atoms with Crippen molar-refractivity contribution >= 4 is 9.84 Å². The van der Waals surface area contributed by atoms with E-state index < -0.39 is 26.7 Å². The standard InChI is InChI=1S/C15H21F2NO2S/c1-2-18-14(15-5-3-4-6-21(15,19)20)9-11-7-12(16)10-13(17)8-11/h7-8,10,14-15,18H,2-6,9H2,1H3. The number of benzene rings is 1. The molecule has 0 aliphatic carbocycles. The maximum Gasteiger partial charge on any atom is 0.154 e. The third-order valence-corrected chi connectivity index (χ3v) is 6.27. The zero-order valence-electron chi connectivity index (χ0n) is 12.1. The van der Waals surface area contributed by atoms with Crippen LogP contribution in [-0.4, -0.2) is 32.0 Å². The minimum Gasteiger partial charge on any atom is -0.313 e. The first-order valence-corrected chi connectivity index (χ1v) is 9.04. The van der Waals surface area contributed by atoms with Gasteiger partial charge in [0.15, 0.2) is 9.84 Å². The van der Waals surface area contributed by atoms with Gasteiger partial charge in [-0.05, 0) is 43.5 Å². The third-order valence-electron chi connectivity index (χ3n) is 3.92. The number of hydrogen-bond acceptors (Lipinski definition) is 3. The molecule has 0 spiro atoms. The van der Waals surface area contributed by atoms with E-state index in [4.69, 9.17) is 0 Å². The van der Waals surface area contributed by atoms with Crippen LogP contribution in [-0.2, 0) is 16.3 Å². The molecule has 1 saturated heterocycles. The normalized spacial score (nSPS) is 22.9. The Kier molecular flexibility index (Phi) is 5.32. The van der Waals surface area contributed by atoms with Gasteiger partial charge in [0.05, 0.1) is 11.0 Å². The van der Waals surface area contributed by atoms with Gasteiger partial charge in [-0.15, -0.1) is 0 Å². The Labute approximate surface area is 124 Å². The Morgan fingerprint density at radius 2 is 1.90 bits per heavy atom. The summed E-state index contributed by atoms with van der Waals surface area (Å²) < 4.78 is 51.0. The molecule has 1 aromatic rings. The van der Waals surface area contributed by atoms with E-state index in [0.717, 1.165) is 12.5 Å². The fourth-order valence-electron chi connectivity index (χ4n) is 3.01. The van der Waals surface area contributed by atoms with Gasteiger partial charge in [0.1, 0.15) is 11.6 Å². The molecule has 6 heteroatoms. The van der Waals surface area contributed by atoms with Gasteiger partial charge < -0.3 is 5.32 Å². The number of rotatable bonds is 5. The zero-order valence-corrected chi connectivity index (χ0v) is 12.9. The van der Waals surface area contributed by atoms with Crippen molar-refractivity contribution < 1.29 is 17.2 Å². The fourth-order valence-corrected chi connectivity index (χ4v) is 5.14. The third kappa shape index (κ3) is 4.23. The molecular formula is C15H21F2NO2S. The van der Waals surface area contributed by atoms with Gasteiger partial charge in [-0.25, -0.2) is 17.2 Å². The van der Waals surface area contributed by atoms with Crippen LogP contribution in [0, 0.1) is 11.6 Å². The summed E-state index contributed by atoms with van der Waals surface area (Å²) in [5.41, 5.74) is 0.485. The van der Waals surface area contributed by atoms with Gasteiger partial charge in [0.25, 0.3) is 0 Å². The highest BCUT2D eigenvalue weighted by atomic mass is 32.2. The van der Waals surface area contributed by atoms with Gasteiger partial charge >= 0.3 is 0 Å². The van der Waals surface area contributed by atoms with E-state index in [1.807, 2.05) is 6.92 Å². The molecule has 1 aliphatic heterocycles. The predicted molar refractivity (Wildman–Crippen MR) is 79.0 cm³/mol. The summed E-state index contributed by atoms with van der Waals surface area (Å²) in [6, 6.07) is 3.05. The molecule has 118 valence electrons. The molecule has 3 nitrogen and oxygen atoms in total. The molecule has 0 aromatic heterocycles. The zero-order chi connectivity index (χ0) is 15.5. The molecule has 0 radical (unpaired) electrons. The second-order valence-electron chi connectivity index (χ2n) is 5.55. The lowest BCUT2D eigenvalue weighted by atomic mass is 9.99. The second kappa shape index (κ2) is 6.83. The van der Waals surface area contributed by atoms with Crippen molar-refractivity contribution in [3.63, 3.8) is 0 Å². The maximum absolute atomic E-state index is 13.3. The van der Waals surface area contributed by atoms with Crippen molar-refractivity contribution in [2.75, 3.05) is 12.3 Å². The monoisotopic (exact) mass is 317 g/mol. The van der Waals surface area contributed by atoms with Crippen LogP contribution < -0.4 is 5.32 Å².